The third kappa shape index (κ3) is 2.47. The molecule has 2 aromatic rings. The van der Waals surface area contributed by atoms with Gasteiger partial charge in [0, 0.05) is 6.07 Å². The highest BCUT2D eigenvalue weighted by Gasteiger charge is 2.09. The van der Waals surface area contributed by atoms with E-state index in [9.17, 15) is 4.39 Å². The van der Waals surface area contributed by atoms with Crippen molar-refractivity contribution in [2.24, 2.45) is 0 Å². The molecule has 5 heteroatoms. The summed E-state index contributed by atoms with van der Waals surface area (Å²) in [6.45, 7) is 1.75. The number of aromatic nitrogens is 1. The number of hydrogen-bond donors (Lipinski definition) is 1. The molecule has 1 aromatic carbocycles. The van der Waals surface area contributed by atoms with Crippen LogP contribution in [-0.4, -0.2) is 4.98 Å². The number of nitrogens with zero attached hydrogens (tertiary/aromatic N) is 1. The van der Waals surface area contributed by atoms with Crippen LogP contribution in [0.2, 0.25) is 5.02 Å². The number of nitrogens with two attached hydrogens (primary N) is 1. The van der Waals surface area contributed by atoms with E-state index in [1.165, 1.54) is 12.1 Å². The van der Waals surface area contributed by atoms with E-state index < -0.39 is 5.82 Å². The third-order valence-corrected chi connectivity index (χ3v) is 2.52. The highest BCUT2D eigenvalue weighted by atomic mass is 35.5. The van der Waals surface area contributed by atoms with Crippen molar-refractivity contribution in [3.05, 3.63) is 46.9 Å². The van der Waals surface area contributed by atoms with Gasteiger partial charge in [-0.15, -0.1) is 0 Å². The smallest absolute Gasteiger partial charge is 0.219 e. The van der Waals surface area contributed by atoms with Crippen molar-refractivity contribution in [3.63, 3.8) is 0 Å². The molecule has 0 radical (unpaired) electrons. The van der Waals surface area contributed by atoms with Crippen LogP contribution in [0.4, 0.5) is 10.1 Å². The van der Waals surface area contributed by atoms with Gasteiger partial charge < -0.3 is 10.5 Å². The molecule has 3 nitrogen and oxygen atoms in total. The van der Waals surface area contributed by atoms with Crippen LogP contribution >= 0.6 is 11.6 Å². The molecular formula is C12H10ClFN2O. The molecule has 2 rings (SSSR count). The lowest BCUT2D eigenvalue weighted by Crippen LogP contribution is -1.96. The van der Waals surface area contributed by atoms with Crippen molar-refractivity contribution in [1.82, 2.24) is 4.98 Å². The Morgan fingerprint density at radius 3 is 2.76 bits per heavy atom. The average molecular weight is 253 g/mol. The quantitative estimate of drug-likeness (QED) is 0.889. The highest BCUT2D eigenvalue weighted by molar-refractivity contribution is 6.30. The van der Waals surface area contributed by atoms with Crippen LogP contribution in [-0.2, 0) is 0 Å². The van der Waals surface area contributed by atoms with Crippen LogP contribution in [0.15, 0.2) is 30.3 Å². The van der Waals surface area contributed by atoms with Gasteiger partial charge in [-0.3, -0.25) is 0 Å². The van der Waals surface area contributed by atoms with Crippen molar-refractivity contribution >= 4 is 17.3 Å². The van der Waals surface area contributed by atoms with Crippen molar-refractivity contribution in [2.75, 3.05) is 5.73 Å². The SMILES string of the molecule is Cc1nc(Oc2cccc(Cl)c2F)ccc1N. The number of rotatable bonds is 2. The zero-order valence-corrected chi connectivity index (χ0v) is 9.83. The normalized spacial score (nSPS) is 10.3. The van der Waals surface area contributed by atoms with Crippen LogP contribution < -0.4 is 10.5 Å². The molecule has 0 aliphatic carbocycles. The molecule has 0 saturated carbocycles. The number of benzene rings is 1. The number of ether oxygens (including phenoxy) is 1. The van der Waals surface area contributed by atoms with E-state index in [1.54, 1.807) is 25.1 Å². The molecule has 0 spiro atoms. The van der Waals surface area contributed by atoms with Gasteiger partial charge in [-0.05, 0) is 25.1 Å². The maximum atomic E-state index is 13.6. The average Bonchev–Trinajstić information content (AvgIpc) is 2.30. The largest absolute Gasteiger partial charge is 0.436 e. The third-order valence-electron chi connectivity index (χ3n) is 2.23. The number of hydrogen-bond acceptors (Lipinski definition) is 3. The Morgan fingerprint density at radius 2 is 2.06 bits per heavy atom. The molecule has 0 saturated heterocycles. The fourth-order valence-electron chi connectivity index (χ4n) is 1.28. The first-order chi connectivity index (χ1) is 8.08. The van der Waals surface area contributed by atoms with Crippen molar-refractivity contribution in [1.29, 1.82) is 0 Å². The Hall–Kier alpha value is -1.81. The highest BCUT2D eigenvalue weighted by Crippen LogP contribution is 2.28. The standard InChI is InChI=1S/C12H10ClFN2O/c1-7-9(15)5-6-11(16-7)17-10-4-2-3-8(13)12(10)14/h2-6H,15H2,1H3. The van der Waals surface area contributed by atoms with Gasteiger partial charge in [-0.1, -0.05) is 17.7 Å². The molecule has 0 unspecified atom stereocenters. The summed E-state index contributed by atoms with van der Waals surface area (Å²) >= 11 is 5.64. The van der Waals surface area contributed by atoms with E-state index in [1.807, 2.05) is 0 Å². The summed E-state index contributed by atoms with van der Waals surface area (Å²) in [5, 5.41) is 0.00895. The molecule has 2 N–H and O–H groups in total. The molecule has 0 fully saturated rings. The van der Waals surface area contributed by atoms with E-state index in [0.717, 1.165) is 0 Å². The predicted octanol–water partition coefficient (Wildman–Crippen LogP) is 3.56. The van der Waals surface area contributed by atoms with E-state index in [2.05, 4.69) is 4.98 Å². The fraction of sp³-hybridized carbons (Fsp3) is 0.0833. The lowest BCUT2D eigenvalue weighted by Gasteiger charge is -2.07. The topological polar surface area (TPSA) is 48.1 Å². The van der Waals surface area contributed by atoms with E-state index in [0.29, 0.717) is 11.4 Å². The van der Waals surface area contributed by atoms with Crippen molar-refractivity contribution in [3.8, 4) is 11.6 Å². The lowest BCUT2D eigenvalue weighted by molar-refractivity contribution is 0.427. The van der Waals surface area contributed by atoms with Gasteiger partial charge in [-0.25, -0.2) is 9.37 Å². The molecule has 17 heavy (non-hydrogen) atoms. The minimum Gasteiger partial charge on any atom is -0.436 e. The molecule has 0 atom stereocenters. The lowest BCUT2D eigenvalue weighted by atomic mass is 10.3. The number of halogens is 2. The van der Waals surface area contributed by atoms with Gasteiger partial charge in [0.15, 0.2) is 11.6 Å². The summed E-state index contributed by atoms with van der Waals surface area (Å²) < 4.78 is 18.9. The van der Waals surface area contributed by atoms with Crippen LogP contribution in [0.3, 0.4) is 0 Å². The first-order valence-electron chi connectivity index (χ1n) is 4.93. The van der Waals surface area contributed by atoms with E-state index >= 15 is 0 Å². The first-order valence-corrected chi connectivity index (χ1v) is 5.30. The Labute approximate surface area is 103 Å². The summed E-state index contributed by atoms with van der Waals surface area (Å²) in [5.41, 5.74) is 6.81. The van der Waals surface area contributed by atoms with Crippen molar-refractivity contribution < 1.29 is 9.13 Å². The molecule has 0 amide bonds. The maximum absolute atomic E-state index is 13.6. The Kier molecular flexibility index (Phi) is 3.15. The predicted molar refractivity (Wildman–Crippen MR) is 64.9 cm³/mol. The van der Waals surface area contributed by atoms with Gasteiger partial charge in [0.05, 0.1) is 16.4 Å². The van der Waals surface area contributed by atoms with Gasteiger partial charge in [0.2, 0.25) is 5.88 Å². The molecule has 0 aliphatic heterocycles. The summed E-state index contributed by atoms with van der Waals surface area (Å²) in [6.07, 6.45) is 0. The second-order valence-electron chi connectivity index (χ2n) is 3.48. The van der Waals surface area contributed by atoms with Crippen LogP contribution in [0.1, 0.15) is 5.69 Å². The number of nitrogen functional groups attached to an aromatic ring is 1. The van der Waals surface area contributed by atoms with Gasteiger partial charge >= 0.3 is 0 Å². The van der Waals surface area contributed by atoms with Crippen LogP contribution in [0, 0.1) is 12.7 Å². The molecule has 1 aromatic heterocycles. The number of pyridine rings is 1. The van der Waals surface area contributed by atoms with Gasteiger partial charge in [0.25, 0.3) is 0 Å². The Balaban J connectivity index is 2.31. The van der Waals surface area contributed by atoms with Gasteiger partial charge in [0.1, 0.15) is 0 Å². The summed E-state index contributed by atoms with van der Waals surface area (Å²) in [4.78, 5) is 4.08. The summed E-state index contributed by atoms with van der Waals surface area (Å²) in [6, 6.07) is 7.76. The molecule has 88 valence electrons. The van der Waals surface area contributed by atoms with Crippen molar-refractivity contribution in [2.45, 2.75) is 6.92 Å². The Morgan fingerprint density at radius 1 is 1.29 bits per heavy atom. The fourth-order valence-corrected chi connectivity index (χ4v) is 1.45. The maximum Gasteiger partial charge on any atom is 0.219 e. The monoisotopic (exact) mass is 252 g/mol. The minimum atomic E-state index is -0.606. The van der Waals surface area contributed by atoms with Gasteiger partial charge in [-0.2, -0.15) is 0 Å². The second kappa shape index (κ2) is 4.59. The molecular weight excluding hydrogens is 243 g/mol. The zero-order chi connectivity index (χ0) is 12.4. The van der Waals surface area contributed by atoms with E-state index in [-0.39, 0.29) is 16.7 Å². The van der Waals surface area contributed by atoms with Crippen LogP contribution in [0.25, 0.3) is 0 Å². The summed E-state index contributed by atoms with van der Waals surface area (Å²) in [5.74, 6) is -0.294. The number of anilines is 1. The zero-order valence-electron chi connectivity index (χ0n) is 9.08. The second-order valence-corrected chi connectivity index (χ2v) is 3.89. The molecule has 1 heterocycles. The van der Waals surface area contributed by atoms with E-state index in [4.69, 9.17) is 22.1 Å². The van der Waals surface area contributed by atoms with Crippen LogP contribution in [0.5, 0.6) is 11.6 Å². The molecule has 0 bridgehead atoms. The Bertz CT molecular complexity index is 560. The first kappa shape index (κ1) is 11.7. The molecule has 0 aliphatic rings. The summed E-state index contributed by atoms with van der Waals surface area (Å²) in [7, 11) is 0. The minimum absolute atomic E-state index is 0.00895. The number of aryl methyl sites for hydroxylation is 1.